The van der Waals surface area contributed by atoms with Crippen LogP contribution in [0.3, 0.4) is 0 Å². The van der Waals surface area contributed by atoms with Gasteiger partial charge in [0.15, 0.2) is 10.2 Å². The Bertz CT molecular complexity index is 1420. The molecule has 8 nitrogen and oxygen atoms in total. The van der Waals surface area contributed by atoms with Crippen molar-refractivity contribution in [3.63, 3.8) is 0 Å². The van der Waals surface area contributed by atoms with Crippen molar-refractivity contribution in [1.82, 2.24) is 19.9 Å². The number of ether oxygens (including phenoxy) is 1. The molecule has 4 aromatic rings. The number of aromatic nitrogens is 3. The van der Waals surface area contributed by atoms with Crippen LogP contribution >= 0.6 is 23.6 Å². The normalized spacial score (nSPS) is 17.2. The van der Waals surface area contributed by atoms with Crippen LogP contribution in [0.1, 0.15) is 41.7 Å². The zero-order chi connectivity index (χ0) is 25.4. The molecule has 0 radical (unpaired) electrons. The van der Waals surface area contributed by atoms with E-state index >= 15 is 0 Å². The van der Waals surface area contributed by atoms with Crippen LogP contribution in [-0.2, 0) is 4.79 Å². The number of hydrogen-bond donors (Lipinski definition) is 2. The highest BCUT2D eigenvalue weighted by molar-refractivity contribution is 7.80. The average molecular weight is 519 g/mol. The summed E-state index contributed by atoms with van der Waals surface area (Å²) < 4.78 is 7.64. The van der Waals surface area contributed by atoms with Crippen LogP contribution in [0.15, 0.2) is 60.2 Å². The molecule has 0 unspecified atom stereocenters. The number of aryl methyl sites for hydroxylation is 1. The van der Waals surface area contributed by atoms with Gasteiger partial charge in [-0.05, 0) is 68.0 Å². The van der Waals surface area contributed by atoms with Gasteiger partial charge in [0.25, 0.3) is 0 Å². The second-order valence-electron chi connectivity index (χ2n) is 8.54. The molecule has 3 aromatic heterocycles. The number of thiocarbonyl (C=S) groups is 1. The molecule has 1 aliphatic heterocycles. The van der Waals surface area contributed by atoms with Gasteiger partial charge in [-0.2, -0.15) is 0 Å². The number of carbonyl (C=O) groups excluding carboxylic acids is 1. The number of amides is 1. The van der Waals surface area contributed by atoms with E-state index in [1.807, 2.05) is 48.0 Å². The topological polar surface area (TPSA) is 84.3 Å². The molecule has 4 heterocycles. The van der Waals surface area contributed by atoms with Crippen LogP contribution < -0.4 is 20.3 Å². The third-order valence-electron chi connectivity index (χ3n) is 6.27. The van der Waals surface area contributed by atoms with E-state index in [-0.39, 0.29) is 18.0 Å². The predicted octanol–water partition coefficient (Wildman–Crippen LogP) is 5.09. The standard InChI is InChI=1S/C26H26N6O2S2/c1-15-13-19(16(2)31(15)26-28-11-12-36-26)24-23(20-7-5-6-10-27-20)30-25(35)32(24)18-8-9-22(34-4)21(14-18)29-17(3)33/h5-14,23-24H,1-4H3,(H,29,33)(H,30,35)/t23-,24+/m0/s1. The largest absolute Gasteiger partial charge is 0.495 e. The van der Waals surface area contributed by atoms with E-state index in [2.05, 4.69) is 50.0 Å². The molecule has 1 aliphatic rings. The summed E-state index contributed by atoms with van der Waals surface area (Å²) in [6.45, 7) is 5.66. The monoisotopic (exact) mass is 518 g/mol. The maximum atomic E-state index is 11.9. The Hall–Kier alpha value is -3.76. The summed E-state index contributed by atoms with van der Waals surface area (Å²) in [6, 6.07) is 13.4. The van der Waals surface area contributed by atoms with Crippen molar-refractivity contribution < 1.29 is 9.53 Å². The third kappa shape index (κ3) is 4.22. The molecule has 0 saturated carbocycles. The van der Waals surface area contributed by atoms with Crippen molar-refractivity contribution in [3.05, 3.63) is 82.9 Å². The van der Waals surface area contributed by atoms with Gasteiger partial charge in [-0.25, -0.2) is 4.98 Å². The van der Waals surface area contributed by atoms with E-state index in [9.17, 15) is 4.79 Å². The quantitative estimate of drug-likeness (QED) is 0.344. The lowest BCUT2D eigenvalue weighted by atomic mass is 9.96. The van der Waals surface area contributed by atoms with E-state index in [0.717, 1.165) is 33.5 Å². The van der Waals surface area contributed by atoms with Crippen LogP contribution in [0.5, 0.6) is 5.75 Å². The highest BCUT2D eigenvalue weighted by atomic mass is 32.1. The molecule has 5 rings (SSSR count). The van der Waals surface area contributed by atoms with Gasteiger partial charge in [-0.15, -0.1) is 11.3 Å². The van der Waals surface area contributed by atoms with Crippen LogP contribution in [0.2, 0.25) is 0 Å². The molecule has 2 N–H and O–H groups in total. The Labute approximate surface area is 219 Å². The zero-order valence-corrected chi connectivity index (χ0v) is 22.0. The van der Waals surface area contributed by atoms with Crippen molar-refractivity contribution in [1.29, 1.82) is 0 Å². The summed E-state index contributed by atoms with van der Waals surface area (Å²) in [4.78, 5) is 23.1. The molecule has 10 heteroatoms. The second-order valence-corrected chi connectivity index (χ2v) is 9.80. The Kier molecular flexibility index (Phi) is 6.46. The number of benzene rings is 1. The summed E-state index contributed by atoms with van der Waals surface area (Å²) in [5, 5.41) is 9.84. The Morgan fingerprint density at radius 1 is 1.17 bits per heavy atom. The number of nitrogens with one attached hydrogen (secondary N) is 2. The first-order valence-corrected chi connectivity index (χ1v) is 12.7. The summed E-state index contributed by atoms with van der Waals surface area (Å²) in [7, 11) is 1.58. The maximum Gasteiger partial charge on any atom is 0.221 e. The van der Waals surface area contributed by atoms with Gasteiger partial charge < -0.3 is 20.3 Å². The molecule has 2 atom stereocenters. The molecule has 0 bridgehead atoms. The van der Waals surface area contributed by atoms with Crippen LogP contribution in [0, 0.1) is 13.8 Å². The molecule has 1 saturated heterocycles. The van der Waals surface area contributed by atoms with Crippen molar-refractivity contribution >= 4 is 45.9 Å². The van der Waals surface area contributed by atoms with Crippen LogP contribution in [0.4, 0.5) is 11.4 Å². The Morgan fingerprint density at radius 2 is 2.00 bits per heavy atom. The minimum atomic E-state index is -0.189. The lowest BCUT2D eigenvalue weighted by Crippen LogP contribution is -2.29. The van der Waals surface area contributed by atoms with Crippen molar-refractivity contribution in [2.24, 2.45) is 0 Å². The zero-order valence-electron chi connectivity index (χ0n) is 20.4. The predicted molar refractivity (Wildman–Crippen MR) is 146 cm³/mol. The molecule has 36 heavy (non-hydrogen) atoms. The van der Waals surface area contributed by atoms with Gasteiger partial charge in [0.05, 0.1) is 30.6 Å². The van der Waals surface area contributed by atoms with Crippen LogP contribution in [0.25, 0.3) is 5.13 Å². The number of thiazole rings is 1. The van der Waals surface area contributed by atoms with Crippen LogP contribution in [-0.4, -0.2) is 32.7 Å². The maximum absolute atomic E-state index is 11.9. The van der Waals surface area contributed by atoms with Gasteiger partial charge in [0, 0.05) is 41.8 Å². The Morgan fingerprint density at radius 3 is 2.67 bits per heavy atom. The lowest BCUT2D eigenvalue weighted by molar-refractivity contribution is -0.114. The van der Waals surface area contributed by atoms with Gasteiger partial charge >= 0.3 is 0 Å². The number of pyridine rings is 1. The van der Waals surface area contributed by atoms with E-state index in [1.165, 1.54) is 6.92 Å². The first kappa shape index (κ1) is 24.0. The Balaban J connectivity index is 1.67. The average Bonchev–Trinajstić information content (AvgIpc) is 3.57. The first-order valence-electron chi connectivity index (χ1n) is 11.4. The molecule has 0 spiro atoms. The number of carbonyl (C=O) groups is 1. The molecular weight excluding hydrogens is 492 g/mol. The number of methoxy groups -OCH3 is 1. The minimum absolute atomic E-state index is 0.178. The first-order chi connectivity index (χ1) is 17.4. The van der Waals surface area contributed by atoms with Gasteiger partial charge in [-0.3, -0.25) is 14.3 Å². The smallest absolute Gasteiger partial charge is 0.221 e. The fourth-order valence-electron chi connectivity index (χ4n) is 4.79. The summed E-state index contributed by atoms with van der Waals surface area (Å²) in [6.07, 6.45) is 3.61. The fourth-order valence-corrected chi connectivity index (χ4v) is 5.89. The number of anilines is 2. The van der Waals surface area contributed by atoms with Crippen molar-refractivity contribution in [2.75, 3.05) is 17.3 Å². The van der Waals surface area contributed by atoms with Gasteiger partial charge in [0.1, 0.15) is 5.75 Å². The number of hydrogen-bond acceptors (Lipinski definition) is 6. The summed E-state index contributed by atoms with van der Waals surface area (Å²) in [5.74, 6) is 0.397. The SMILES string of the molecule is COc1ccc(N2C(=S)N[C@@H](c3ccccn3)[C@H]2c2cc(C)n(-c3nccs3)c2C)cc1NC(C)=O. The number of nitrogens with zero attached hydrogens (tertiary/aromatic N) is 4. The van der Waals surface area contributed by atoms with Gasteiger partial charge in [0.2, 0.25) is 5.91 Å². The second kappa shape index (κ2) is 9.71. The van der Waals surface area contributed by atoms with Gasteiger partial charge in [-0.1, -0.05) is 6.07 Å². The van der Waals surface area contributed by atoms with Crippen molar-refractivity contribution in [2.45, 2.75) is 32.9 Å². The number of rotatable bonds is 6. The van der Waals surface area contributed by atoms with E-state index in [4.69, 9.17) is 17.0 Å². The van der Waals surface area contributed by atoms with E-state index in [0.29, 0.717) is 16.5 Å². The highest BCUT2D eigenvalue weighted by Gasteiger charge is 2.42. The fraction of sp³-hybridized carbons (Fsp3) is 0.231. The summed E-state index contributed by atoms with van der Waals surface area (Å²) >= 11 is 7.48. The lowest BCUT2D eigenvalue weighted by Gasteiger charge is -2.28. The van der Waals surface area contributed by atoms with E-state index < -0.39 is 0 Å². The third-order valence-corrected chi connectivity index (χ3v) is 7.34. The molecular formula is C26H26N6O2S2. The minimum Gasteiger partial charge on any atom is -0.495 e. The van der Waals surface area contributed by atoms with Crippen molar-refractivity contribution in [3.8, 4) is 10.9 Å². The molecule has 184 valence electrons. The molecule has 1 aromatic carbocycles. The molecule has 0 aliphatic carbocycles. The highest BCUT2D eigenvalue weighted by Crippen LogP contribution is 2.45. The molecule has 1 amide bonds. The molecule has 1 fully saturated rings. The summed E-state index contributed by atoms with van der Waals surface area (Å²) in [5.41, 5.74) is 5.59. The van der Waals surface area contributed by atoms with E-state index in [1.54, 1.807) is 24.6 Å².